The average Bonchev–Trinajstić information content (AvgIpc) is 3.47. The molecule has 33 heavy (non-hydrogen) atoms. The molecule has 6 heteroatoms. The van der Waals surface area contributed by atoms with E-state index < -0.39 is 0 Å². The van der Waals surface area contributed by atoms with Gasteiger partial charge in [0.2, 0.25) is 0 Å². The first-order valence-electron chi connectivity index (χ1n) is 14.0. The van der Waals surface area contributed by atoms with E-state index in [-0.39, 0.29) is 18.0 Å². The third kappa shape index (κ3) is 14.0. The van der Waals surface area contributed by atoms with Crippen molar-refractivity contribution < 1.29 is 19.1 Å². The van der Waals surface area contributed by atoms with Crippen LogP contribution in [0.3, 0.4) is 0 Å². The van der Waals surface area contributed by atoms with Crippen molar-refractivity contribution in [3.63, 3.8) is 0 Å². The quantitative estimate of drug-likeness (QED) is 0.189. The first kappa shape index (κ1) is 28.1. The minimum atomic E-state index is -0.0651. The van der Waals surface area contributed by atoms with Gasteiger partial charge < -0.3 is 9.47 Å². The number of unbranched alkanes of at least 4 members (excludes halogenated alkanes) is 10. The molecule has 2 rings (SSSR count). The highest BCUT2D eigenvalue weighted by Gasteiger charge is 2.26. The standard InChI is InChI=1S/C27H50N2O4/c1-2-3-4-5-6-7-8-9-15-22-32-26(30)16-11-10-12-18-29-21-17-25(23-29)33-27(31)24-28-19-13-14-20-28/h25H,2-24H2,1H3. The predicted octanol–water partition coefficient (Wildman–Crippen LogP) is 5.33. The van der Waals surface area contributed by atoms with Crippen LogP contribution < -0.4 is 0 Å². The lowest BCUT2D eigenvalue weighted by atomic mass is 10.1. The summed E-state index contributed by atoms with van der Waals surface area (Å²) in [5.41, 5.74) is 0. The Kier molecular flexibility index (Phi) is 15.5. The van der Waals surface area contributed by atoms with Gasteiger partial charge in [-0.25, -0.2) is 0 Å². The molecule has 0 N–H and O–H groups in total. The monoisotopic (exact) mass is 466 g/mol. The normalized spacial score (nSPS) is 19.2. The highest BCUT2D eigenvalue weighted by Crippen LogP contribution is 2.15. The average molecular weight is 467 g/mol. The van der Waals surface area contributed by atoms with E-state index in [1.54, 1.807) is 0 Å². The minimum absolute atomic E-state index is 0.0410. The van der Waals surface area contributed by atoms with Crippen LogP contribution in [0.2, 0.25) is 0 Å². The van der Waals surface area contributed by atoms with Crippen LogP contribution in [0.15, 0.2) is 0 Å². The zero-order chi connectivity index (χ0) is 23.6. The van der Waals surface area contributed by atoms with Crippen molar-refractivity contribution in [3.05, 3.63) is 0 Å². The van der Waals surface area contributed by atoms with E-state index in [1.165, 1.54) is 64.2 Å². The van der Waals surface area contributed by atoms with Crippen LogP contribution in [-0.4, -0.2) is 73.7 Å². The summed E-state index contributed by atoms with van der Waals surface area (Å²) in [5.74, 6) is -0.106. The van der Waals surface area contributed by atoms with Crippen LogP contribution >= 0.6 is 0 Å². The largest absolute Gasteiger partial charge is 0.466 e. The lowest BCUT2D eigenvalue weighted by Gasteiger charge is -2.18. The number of nitrogens with zero attached hydrogens (tertiary/aromatic N) is 2. The molecule has 0 bridgehead atoms. The molecule has 0 aromatic carbocycles. The Morgan fingerprint density at radius 1 is 0.758 bits per heavy atom. The van der Waals surface area contributed by atoms with Crippen molar-refractivity contribution in [1.29, 1.82) is 0 Å². The molecule has 0 aromatic rings. The summed E-state index contributed by atoms with van der Waals surface area (Å²) in [6.45, 7) is 8.22. The number of hydrogen-bond donors (Lipinski definition) is 0. The van der Waals surface area contributed by atoms with Crippen molar-refractivity contribution in [2.45, 2.75) is 116 Å². The van der Waals surface area contributed by atoms with Gasteiger partial charge in [-0.1, -0.05) is 64.7 Å². The lowest BCUT2D eigenvalue weighted by molar-refractivity contribution is -0.149. The van der Waals surface area contributed by atoms with Crippen molar-refractivity contribution in [2.24, 2.45) is 0 Å². The molecule has 2 fully saturated rings. The van der Waals surface area contributed by atoms with E-state index in [0.29, 0.717) is 19.6 Å². The summed E-state index contributed by atoms with van der Waals surface area (Å²) in [6, 6.07) is 0. The molecule has 2 saturated heterocycles. The Balaban J connectivity index is 1.35. The fourth-order valence-corrected chi connectivity index (χ4v) is 4.90. The second-order valence-electron chi connectivity index (χ2n) is 10.0. The summed E-state index contributed by atoms with van der Waals surface area (Å²) >= 11 is 0. The highest BCUT2D eigenvalue weighted by molar-refractivity contribution is 5.72. The third-order valence-electron chi connectivity index (χ3n) is 6.94. The Bertz CT molecular complexity index is 522. The fourth-order valence-electron chi connectivity index (χ4n) is 4.90. The Labute approximate surface area is 202 Å². The van der Waals surface area contributed by atoms with E-state index in [4.69, 9.17) is 9.47 Å². The number of carbonyl (C=O) groups is 2. The van der Waals surface area contributed by atoms with Gasteiger partial charge in [-0.3, -0.25) is 19.4 Å². The molecule has 0 amide bonds. The van der Waals surface area contributed by atoms with E-state index in [0.717, 1.165) is 64.8 Å². The summed E-state index contributed by atoms with van der Waals surface area (Å²) in [6.07, 6.45) is 18.5. The zero-order valence-electron chi connectivity index (χ0n) is 21.4. The van der Waals surface area contributed by atoms with Gasteiger partial charge in [-0.05, 0) is 58.2 Å². The van der Waals surface area contributed by atoms with Crippen LogP contribution in [0.1, 0.15) is 110 Å². The van der Waals surface area contributed by atoms with E-state index in [2.05, 4.69) is 16.7 Å². The topological polar surface area (TPSA) is 59.1 Å². The molecule has 1 atom stereocenters. The van der Waals surface area contributed by atoms with Crippen molar-refractivity contribution in [2.75, 3.05) is 45.9 Å². The Morgan fingerprint density at radius 2 is 1.42 bits per heavy atom. The maximum absolute atomic E-state index is 12.1. The Hall–Kier alpha value is -1.14. The van der Waals surface area contributed by atoms with E-state index >= 15 is 0 Å². The minimum Gasteiger partial charge on any atom is -0.466 e. The summed E-state index contributed by atoms with van der Waals surface area (Å²) < 4.78 is 11.0. The molecule has 0 saturated carbocycles. The fraction of sp³-hybridized carbons (Fsp3) is 0.926. The molecule has 2 heterocycles. The van der Waals surface area contributed by atoms with Crippen molar-refractivity contribution in [1.82, 2.24) is 9.80 Å². The van der Waals surface area contributed by atoms with Gasteiger partial charge in [0.25, 0.3) is 0 Å². The number of carbonyl (C=O) groups excluding carboxylic acids is 2. The van der Waals surface area contributed by atoms with Gasteiger partial charge >= 0.3 is 11.9 Å². The van der Waals surface area contributed by atoms with Gasteiger partial charge in [-0.15, -0.1) is 0 Å². The van der Waals surface area contributed by atoms with Gasteiger partial charge in [0.1, 0.15) is 6.10 Å². The first-order valence-corrected chi connectivity index (χ1v) is 14.0. The third-order valence-corrected chi connectivity index (χ3v) is 6.94. The van der Waals surface area contributed by atoms with Crippen molar-refractivity contribution >= 4 is 11.9 Å². The first-order chi connectivity index (χ1) is 16.2. The smallest absolute Gasteiger partial charge is 0.320 e. The molecule has 1 unspecified atom stereocenters. The van der Waals surface area contributed by atoms with Gasteiger partial charge in [0.15, 0.2) is 0 Å². The highest BCUT2D eigenvalue weighted by atomic mass is 16.5. The molecule has 0 spiro atoms. The predicted molar refractivity (Wildman–Crippen MR) is 133 cm³/mol. The van der Waals surface area contributed by atoms with E-state index in [1.807, 2.05) is 0 Å². The summed E-state index contributed by atoms with van der Waals surface area (Å²) in [4.78, 5) is 28.5. The van der Waals surface area contributed by atoms with Gasteiger partial charge in [-0.2, -0.15) is 0 Å². The second-order valence-corrected chi connectivity index (χ2v) is 10.0. The van der Waals surface area contributed by atoms with Crippen LogP contribution in [0, 0.1) is 0 Å². The van der Waals surface area contributed by atoms with Gasteiger partial charge in [0.05, 0.1) is 13.2 Å². The molecule has 0 aliphatic carbocycles. The molecular formula is C27H50N2O4. The number of likely N-dealkylation sites (tertiary alicyclic amines) is 2. The number of ether oxygens (including phenoxy) is 2. The maximum atomic E-state index is 12.1. The maximum Gasteiger partial charge on any atom is 0.320 e. The molecule has 2 aliphatic heterocycles. The number of esters is 2. The van der Waals surface area contributed by atoms with Crippen LogP contribution in [0.25, 0.3) is 0 Å². The van der Waals surface area contributed by atoms with Crippen LogP contribution in [-0.2, 0) is 19.1 Å². The molecule has 192 valence electrons. The van der Waals surface area contributed by atoms with Crippen LogP contribution in [0.5, 0.6) is 0 Å². The second kappa shape index (κ2) is 18.2. The van der Waals surface area contributed by atoms with Gasteiger partial charge in [0, 0.05) is 19.5 Å². The summed E-state index contributed by atoms with van der Waals surface area (Å²) in [5, 5.41) is 0. The SMILES string of the molecule is CCCCCCCCCCCOC(=O)CCCCCN1CCC(OC(=O)CN2CCCC2)C1. The molecule has 0 radical (unpaired) electrons. The number of hydrogen-bond acceptors (Lipinski definition) is 6. The molecular weight excluding hydrogens is 416 g/mol. The molecule has 0 aromatic heterocycles. The zero-order valence-corrected chi connectivity index (χ0v) is 21.4. The number of rotatable bonds is 19. The molecule has 2 aliphatic rings. The van der Waals surface area contributed by atoms with E-state index in [9.17, 15) is 9.59 Å². The lowest BCUT2D eigenvalue weighted by Crippen LogP contribution is -2.32. The summed E-state index contributed by atoms with van der Waals surface area (Å²) in [7, 11) is 0. The van der Waals surface area contributed by atoms with Crippen LogP contribution in [0.4, 0.5) is 0 Å². The Morgan fingerprint density at radius 3 is 2.15 bits per heavy atom. The molecule has 6 nitrogen and oxygen atoms in total. The van der Waals surface area contributed by atoms with Crippen molar-refractivity contribution in [3.8, 4) is 0 Å².